The molecule has 2 aromatic rings. The van der Waals surface area contributed by atoms with Gasteiger partial charge in [0.2, 0.25) is 11.9 Å². The summed E-state index contributed by atoms with van der Waals surface area (Å²) in [6.07, 6.45) is 1.02. The molecule has 0 aromatic carbocycles. The number of thiophene rings is 1. The lowest BCUT2D eigenvalue weighted by Gasteiger charge is -2.09. The molecule has 0 radical (unpaired) electrons. The molecule has 0 aliphatic heterocycles. The standard InChI is InChI=1S/C14H21N5OS/c1-4-5-17-14-18-12(16-7-6-15-10(3)20)11-8-9(2)21-13(11)19-14/h8H,4-7H2,1-3H3,(H,15,20)(H2,16,17,18,19). The summed E-state index contributed by atoms with van der Waals surface area (Å²) in [5.74, 6) is 1.43. The number of rotatable bonds is 7. The zero-order chi connectivity index (χ0) is 15.2. The van der Waals surface area contributed by atoms with Gasteiger partial charge in [-0.05, 0) is 19.4 Å². The second-order valence-electron chi connectivity index (χ2n) is 4.81. The van der Waals surface area contributed by atoms with Gasteiger partial charge in [0.05, 0.1) is 5.39 Å². The van der Waals surface area contributed by atoms with Crippen LogP contribution >= 0.6 is 11.3 Å². The summed E-state index contributed by atoms with van der Waals surface area (Å²) < 4.78 is 0. The number of aromatic nitrogens is 2. The molecule has 0 atom stereocenters. The van der Waals surface area contributed by atoms with Crippen molar-refractivity contribution in [3.05, 3.63) is 10.9 Å². The van der Waals surface area contributed by atoms with Crippen molar-refractivity contribution in [1.82, 2.24) is 15.3 Å². The zero-order valence-corrected chi connectivity index (χ0v) is 13.4. The number of hydrogen-bond donors (Lipinski definition) is 3. The first-order valence-electron chi connectivity index (χ1n) is 7.10. The summed E-state index contributed by atoms with van der Waals surface area (Å²) in [6, 6.07) is 2.09. The van der Waals surface area contributed by atoms with Crippen LogP contribution in [0.1, 0.15) is 25.1 Å². The number of anilines is 2. The molecule has 7 heteroatoms. The first-order valence-corrected chi connectivity index (χ1v) is 7.92. The van der Waals surface area contributed by atoms with Gasteiger partial charge in [0.25, 0.3) is 0 Å². The monoisotopic (exact) mass is 307 g/mol. The van der Waals surface area contributed by atoms with Crippen molar-refractivity contribution in [2.75, 3.05) is 30.3 Å². The molecule has 0 unspecified atom stereocenters. The average molecular weight is 307 g/mol. The number of hydrogen-bond acceptors (Lipinski definition) is 6. The molecule has 2 heterocycles. The summed E-state index contributed by atoms with van der Waals surface area (Å²) in [4.78, 5) is 22.1. The molecule has 0 saturated heterocycles. The molecule has 0 aliphatic rings. The first-order chi connectivity index (χ1) is 10.1. The smallest absolute Gasteiger partial charge is 0.226 e. The highest BCUT2D eigenvalue weighted by atomic mass is 32.1. The van der Waals surface area contributed by atoms with Gasteiger partial charge < -0.3 is 16.0 Å². The third kappa shape index (κ3) is 4.29. The number of fused-ring (bicyclic) bond motifs is 1. The maximum atomic E-state index is 10.9. The Morgan fingerprint density at radius 2 is 2.05 bits per heavy atom. The number of nitrogens with zero attached hydrogens (tertiary/aromatic N) is 2. The van der Waals surface area contributed by atoms with Crippen LogP contribution in [0.4, 0.5) is 11.8 Å². The van der Waals surface area contributed by atoms with Crippen LogP contribution < -0.4 is 16.0 Å². The van der Waals surface area contributed by atoms with E-state index < -0.39 is 0 Å². The van der Waals surface area contributed by atoms with Gasteiger partial charge in [0.15, 0.2) is 0 Å². The van der Waals surface area contributed by atoms with Crippen LogP contribution in [-0.2, 0) is 4.79 Å². The zero-order valence-electron chi connectivity index (χ0n) is 12.6. The Labute approximate surface area is 128 Å². The minimum atomic E-state index is -0.0266. The van der Waals surface area contributed by atoms with E-state index in [1.165, 1.54) is 11.8 Å². The van der Waals surface area contributed by atoms with Crippen molar-refractivity contribution in [2.45, 2.75) is 27.2 Å². The largest absolute Gasteiger partial charge is 0.368 e. The lowest BCUT2D eigenvalue weighted by Crippen LogP contribution is -2.26. The van der Waals surface area contributed by atoms with Gasteiger partial charge in [-0.3, -0.25) is 4.79 Å². The molecular weight excluding hydrogens is 286 g/mol. The quantitative estimate of drug-likeness (QED) is 0.684. The maximum Gasteiger partial charge on any atom is 0.226 e. The molecule has 0 aliphatic carbocycles. The van der Waals surface area contributed by atoms with Gasteiger partial charge in [-0.15, -0.1) is 11.3 Å². The topological polar surface area (TPSA) is 78.9 Å². The van der Waals surface area contributed by atoms with Crippen LogP contribution in [-0.4, -0.2) is 35.5 Å². The van der Waals surface area contributed by atoms with E-state index in [2.05, 4.69) is 45.8 Å². The summed E-state index contributed by atoms with van der Waals surface area (Å²) in [6.45, 7) is 7.73. The molecule has 114 valence electrons. The third-order valence-corrected chi connectivity index (χ3v) is 3.78. The predicted molar refractivity (Wildman–Crippen MR) is 88.1 cm³/mol. The molecule has 1 amide bonds. The van der Waals surface area contributed by atoms with Crippen molar-refractivity contribution in [2.24, 2.45) is 0 Å². The molecule has 0 spiro atoms. The summed E-state index contributed by atoms with van der Waals surface area (Å²) in [5.41, 5.74) is 0. The van der Waals surface area contributed by atoms with E-state index in [4.69, 9.17) is 0 Å². The van der Waals surface area contributed by atoms with Crippen molar-refractivity contribution >= 4 is 39.2 Å². The highest BCUT2D eigenvalue weighted by Gasteiger charge is 2.10. The molecule has 0 saturated carbocycles. The molecule has 2 rings (SSSR count). The Morgan fingerprint density at radius 1 is 1.24 bits per heavy atom. The Balaban J connectivity index is 2.16. The maximum absolute atomic E-state index is 10.9. The van der Waals surface area contributed by atoms with Gasteiger partial charge in [0, 0.05) is 31.4 Å². The molecule has 0 bridgehead atoms. The van der Waals surface area contributed by atoms with Crippen LogP contribution in [0.2, 0.25) is 0 Å². The van der Waals surface area contributed by atoms with E-state index in [-0.39, 0.29) is 5.91 Å². The van der Waals surface area contributed by atoms with Crippen LogP contribution in [0.15, 0.2) is 6.07 Å². The van der Waals surface area contributed by atoms with E-state index in [9.17, 15) is 4.79 Å². The molecule has 21 heavy (non-hydrogen) atoms. The summed E-state index contributed by atoms with van der Waals surface area (Å²) in [7, 11) is 0. The van der Waals surface area contributed by atoms with Crippen molar-refractivity contribution < 1.29 is 4.79 Å². The second kappa shape index (κ2) is 7.21. The molecule has 3 N–H and O–H groups in total. The Hall–Kier alpha value is -1.89. The first kappa shape index (κ1) is 15.5. The number of nitrogens with one attached hydrogen (secondary N) is 3. The number of aryl methyl sites for hydroxylation is 1. The van der Waals surface area contributed by atoms with E-state index >= 15 is 0 Å². The lowest BCUT2D eigenvalue weighted by molar-refractivity contribution is -0.118. The number of amides is 1. The van der Waals surface area contributed by atoms with Gasteiger partial charge in [-0.2, -0.15) is 4.98 Å². The van der Waals surface area contributed by atoms with E-state index in [0.29, 0.717) is 19.0 Å². The molecule has 2 aromatic heterocycles. The average Bonchev–Trinajstić information content (AvgIpc) is 2.81. The van der Waals surface area contributed by atoms with Crippen LogP contribution in [0.25, 0.3) is 10.2 Å². The SMILES string of the molecule is CCCNc1nc(NCCNC(C)=O)c2cc(C)sc2n1. The Bertz CT molecular complexity index is 625. The minimum absolute atomic E-state index is 0.0266. The number of carbonyl (C=O) groups excluding carboxylic acids is 1. The van der Waals surface area contributed by atoms with Gasteiger partial charge >= 0.3 is 0 Å². The molecular formula is C14H21N5OS. The Kier molecular flexibility index (Phi) is 5.32. The highest BCUT2D eigenvalue weighted by Crippen LogP contribution is 2.29. The van der Waals surface area contributed by atoms with E-state index in [1.54, 1.807) is 11.3 Å². The van der Waals surface area contributed by atoms with E-state index in [1.807, 2.05) is 0 Å². The van der Waals surface area contributed by atoms with Crippen molar-refractivity contribution in [3.63, 3.8) is 0 Å². The van der Waals surface area contributed by atoms with Gasteiger partial charge in [0.1, 0.15) is 10.6 Å². The second-order valence-corrected chi connectivity index (χ2v) is 6.04. The van der Waals surface area contributed by atoms with Crippen LogP contribution in [0, 0.1) is 6.92 Å². The number of carbonyl (C=O) groups is 1. The van der Waals surface area contributed by atoms with Crippen LogP contribution in [0.5, 0.6) is 0 Å². The Morgan fingerprint density at radius 3 is 2.76 bits per heavy atom. The fourth-order valence-corrected chi connectivity index (χ4v) is 2.79. The molecule has 6 nitrogen and oxygen atoms in total. The lowest BCUT2D eigenvalue weighted by atomic mass is 10.3. The molecule has 0 fully saturated rings. The summed E-state index contributed by atoms with van der Waals surface area (Å²) in [5, 5.41) is 10.3. The fraction of sp³-hybridized carbons (Fsp3) is 0.500. The third-order valence-electron chi connectivity index (χ3n) is 2.84. The van der Waals surface area contributed by atoms with Crippen LogP contribution in [0.3, 0.4) is 0 Å². The van der Waals surface area contributed by atoms with E-state index in [0.717, 1.165) is 29.0 Å². The predicted octanol–water partition coefficient (Wildman–Crippen LogP) is 2.37. The van der Waals surface area contributed by atoms with Gasteiger partial charge in [-0.25, -0.2) is 4.98 Å². The van der Waals surface area contributed by atoms with Crippen molar-refractivity contribution in [3.8, 4) is 0 Å². The summed E-state index contributed by atoms with van der Waals surface area (Å²) >= 11 is 1.66. The minimum Gasteiger partial charge on any atom is -0.368 e. The normalized spacial score (nSPS) is 10.6. The van der Waals surface area contributed by atoms with Crippen molar-refractivity contribution in [1.29, 1.82) is 0 Å². The van der Waals surface area contributed by atoms with Gasteiger partial charge in [-0.1, -0.05) is 6.92 Å². The highest BCUT2D eigenvalue weighted by molar-refractivity contribution is 7.18. The fourth-order valence-electron chi connectivity index (χ4n) is 1.91.